The molecule has 18 heavy (non-hydrogen) atoms. The smallest absolute Gasteiger partial charge is 0.252 e. The van der Waals surface area contributed by atoms with Gasteiger partial charge in [-0.1, -0.05) is 43.8 Å². The van der Waals surface area contributed by atoms with E-state index >= 15 is 0 Å². The number of nitrogens with one attached hydrogen (secondary N) is 1. The molecule has 0 unspecified atom stereocenters. The molecule has 3 N–H and O–H groups in total. The number of hydrogen-bond acceptors (Lipinski definition) is 2. The Hall–Kier alpha value is -1.42. The summed E-state index contributed by atoms with van der Waals surface area (Å²) in [5.74, 6) is -0.129. The SMILES string of the molecule is CCC(CC)(NC(=O)c1cccc(C)c1)C(N)=S. The Morgan fingerprint density at radius 2 is 2.00 bits per heavy atom. The van der Waals surface area contributed by atoms with Crippen molar-refractivity contribution in [2.75, 3.05) is 0 Å². The van der Waals surface area contributed by atoms with Crippen LogP contribution in [0, 0.1) is 6.92 Å². The lowest BCUT2D eigenvalue weighted by molar-refractivity contribution is 0.0920. The molecular weight excluding hydrogens is 244 g/mol. The van der Waals surface area contributed by atoms with Gasteiger partial charge in [-0.25, -0.2) is 0 Å². The van der Waals surface area contributed by atoms with Gasteiger partial charge in [-0.3, -0.25) is 4.79 Å². The highest BCUT2D eigenvalue weighted by molar-refractivity contribution is 7.80. The number of benzene rings is 1. The van der Waals surface area contributed by atoms with Crippen LogP contribution < -0.4 is 11.1 Å². The van der Waals surface area contributed by atoms with Gasteiger partial charge >= 0.3 is 0 Å². The van der Waals surface area contributed by atoms with Gasteiger partial charge in [-0.05, 0) is 31.9 Å². The van der Waals surface area contributed by atoms with Gasteiger partial charge in [0.2, 0.25) is 0 Å². The summed E-state index contributed by atoms with van der Waals surface area (Å²) in [6, 6.07) is 7.46. The second-order valence-electron chi connectivity index (χ2n) is 4.48. The molecule has 0 aromatic heterocycles. The number of nitrogens with two attached hydrogens (primary N) is 1. The topological polar surface area (TPSA) is 55.1 Å². The fourth-order valence-corrected chi connectivity index (χ4v) is 2.25. The Kier molecular flexibility index (Phi) is 4.84. The zero-order valence-corrected chi connectivity index (χ0v) is 11.9. The summed E-state index contributed by atoms with van der Waals surface area (Å²) in [7, 11) is 0. The van der Waals surface area contributed by atoms with E-state index < -0.39 is 5.54 Å². The van der Waals surface area contributed by atoms with Crippen LogP contribution in [0.3, 0.4) is 0 Å². The average molecular weight is 264 g/mol. The molecule has 0 bridgehead atoms. The van der Waals surface area contributed by atoms with E-state index in [0.717, 1.165) is 5.56 Å². The highest BCUT2D eigenvalue weighted by Gasteiger charge is 2.31. The van der Waals surface area contributed by atoms with Gasteiger partial charge in [0.15, 0.2) is 0 Å². The molecule has 4 heteroatoms. The van der Waals surface area contributed by atoms with Crippen molar-refractivity contribution in [2.24, 2.45) is 5.73 Å². The molecular formula is C14H20N2OS. The number of rotatable bonds is 5. The number of aryl methyl sites for hydroxylation is 1. The van der Waals surface area contributed by atoms with Gasteiger partial charge in [-0.2, -0.15) is 0 Å². The predicted molar refractivity (Wildman–Crippen MR) is 78.7 cm³/mol. The number of hydrogen-bond donors (Lipinski definition) is 2. The fourth-order valence-electron chi connectivity index (χ4n) is 1.91. The molecule has 0 heterocycles. The Labute approximate surface area is 114 Å². The minimum absolute atomic E-state index is 0.129. The van der Waals surface area contributed by atoms with Gasteiger partial charge in [0.1, 0.15) is 0 Å². The molecule has 0 radical (unpaired) electrons. The second kappa shape index (κ2) is 5.96. The van der Waals surface area contributed by atoms with Crippen molar-refractivity contribution in [1.29, 1.82) is 0 Å². The van der Waals surface area contributed by atoms with E-state index in [0.29, 0.717) is 23.4 Å². The number of carbonyl (C=O) groups excluding carboxylic acids is 1. The largest absolute Gasteiger partial charge is 0.391 e. The van der Waals surface area contributed by atoms with Gasteiger partial charge in [-0.15, -0.1) is 0 Å². The Morgan fingerprint density at radius 1 is 1.39 bits per heavy atom. The summed E-state index contributed by atoms with van der Waals surface area (Å²) in [6.07, 6.45) is 1.38. The third-order valence-electron chi connectivity index (χ3n) is 3.31. The average Bonchev–Trinajstić information content (AvgIpc) is 2.35. The maximum atomic E-state index is 12.2. The molecule has 0 aliphatic carbocycles. The first-order chi connectivity index (χ1) is 8.45. The summed E-state index contributed by atoms with van der Waals surface area (Å²) >= 11 is 5.08. The molecule has 1 aromatic rings. The number of carbonyl (C=O) groups is 1. The third-order valence-corrected chi connectivity index (χ3v) is 3.70. The van der Waals surface area contributed by atoms with E-state index in [1.54, 1.807) is 6.07 Å². The van der Waals surface area contributed by atoms with Crippen LogP contribution in [0.5, 0.6) is 0 Å². The molecule has 0 aliphatic heterocycles. The monoisotopic (exact) mass is 264 g/mol. The summed E-state index contributed by atoms with van der Waals surface area (Å²) in [4.78, 5) is 12.5. The van der Waals surface area contributed by atoms with E-state index in [9.17, 15) is 4.79 Å². The fraction of sp³-hybridized carbons (Fsp3) is 0.429. The van der Waals surface area contributed by atoms with Crippen molar-refractivity contribution >= 4 is 23.1 Å². The highest BCUT2D eigenvalue weighted by atomic mass is 32.1. The molecule has 0 atom stereocenters. The Bertz CT molecular complexity index is 453. The van der Waals surface area contributed by atoms with Crippen molar-refractivity contribution in [3.05, 3.63) is 35.4 Å². The minimum Gasteiger partial charge on any atom is -0.391 e. The lowest BCUT2D eigenvalue weighted by Gasteiger charge is -2.31. The highest BCUT2D eigenvalue weighted by Crippen LogP contribution is 2.17. The molecule has 1 rings (SSSR count). The molecule has 0 aliphatic rings. The van der Waals surface area contributed by atoms with Crippen LogP contribution in [-0.2, 0) is 0 Å². The lowest BCUT2D eigenvalue weighted by Crippen LogP contribution is -2.55. The van der Waals surface area contributed by atoms with Crippen molar-refractivity contribution in [2.45, 2.75) is 39.2 Å². The van der Waals surface area contributed by atoms with Gasteiger partial charge in [0.25, 0.3) is 5.91 Å². The quantitative estimate of drug-likeness (QED) is 0.804. The van der Waals surface area contributed by atoms with Crippen LogP contribution >= 0.6 is 12.2 Å². The maximum absolute atomic E-state index is 12.2. The predicted octanol–water partition coefficient (Wildman–Crippen LogP) is 2.57. The number of amides is 1. The van der Waals surface area contributed by atoms with Gasteiger partial charge < -0.3 is 11.1 Å². The first kappa shape index (κ1) is 14.6. The Balaban J connectivity index is 2.95. The second-order valence-corrected chi connectivity index (χ2v) is 4.92. The van der Waals surface area contributed by atoms with Crippen LogP contribution in [0.25, 0.3) is 0 Å². The maximum Gasteiger partial charge on any atom is 0.252 e. The normalized spacial score (nSPS) is 11.1. The van der Waals surface area contributed by atoms with Crippen LogP contribution in [0.4, 0.5) is 0 Å². The molecule has 3 nitrogen and oxygen atoms in total. The standard InChI is InChI=1S/C14H20N2OS/c1-4-14(5-2,13(15)18)16-12(17)11-8-6-7-10(3)9-11/h6-9H,4-5H2,1-3H3,(H2,15,18)(H,16,17). The van der Waals surface area contributed by atoms with E-state index in [4.69, 9.17) is 18.0 Å². The molecule has 98 valence electrons. The van der Waals surface area contributed by atoms with Crippen LogP contribution in [0.1, 0.15) is 42.6 Å². The molecule has 0 saturated heterocycles. The lowest BCUT2D eigenvalue weighted by atomic mass is 9.92. The zero-order valence-electron chi connectivity index (χ0n) is 11.1. The number of thiocarbonyl (C=S) groups is 1. The summed E-state index contributed by atoms with van der Waals surface area (Å²) in [6.45, 7) is 5.90. The Morgan fingerprint density at radius 3 is 2.44 bits per heavy atom. The molecule has 1 aromatic carbocycles. The molecule has 1 amide bonds. The van der Waals surface area contributed by atoms with Crippen molar-refractivity contribution in [3.63, 3.8) is 0 Å². The summed E-state index contributed by atoms with van der Waals surface area (Å²) in [5.41, 5.74) is 6.87. The van der Waals surface area contributed by atoms with Crippen LogP contribution in [-0.4, -0.2) is 16.4 Å². The summed E-state index contributed by atoms with van der Waals surface area (Å²) in [5, 5.41) is 2.97. The molecule has 0 spiro atoms. The van der Waals surface area contributed by atoms with Gasteiger partial charge in [0, 0.05) is 5.56 Å². The minimum atomic E-state index is -0.587. The van der Waals surface area contributed by atoms with E-state index in [1.807, 2.05) is 39.0 Å². The van der Waals surface area contributed by atoms with Crippen LogP contribution in [0.15, 0.2) is 24.3 Å². The van der Waals surface area contributed by atoms with E-state index in [2.05, 4.69) is 5.32 Å². The molecule has 0 fully saturated rings. The van der Waals surface area contributed by atoms with E-state index in [-0.39, 0.29) is 5.91 Å². The van der Waals surface area contributed by atoms with Gasteiger partial charge in [0.05, 0.1) is 10.5 Å². The van der Waals surface area contributed by atoms with Crippen molar-refractivity contribution < 1.29 is 4.79 Å². The van der Waals surface area contributed by atoms with Crippen LogP contribution in [0.2, 0.25) is 0 Å². The van der Waals surface area contributed by atoms with Crippen molar-refractivity contribution in [3.8, 4) is 0 Å². The van der Waals surface area contributed by atoms with E-state index in [1.165, 1.54) is 0 Å². The summed E-state index contributed by atoms with van der Waals surface area (Å²) < 4.78 is 0. The molecule has 0 saturated carbocycles. The van der Waals surface area contributed by atoms with Crippen molar-refractivity contribution in [1.82, 2.24) is 5.32 Å². The third kappa shape index (κ3) is 3.07. The zero-order chi connectivity index (χ0) is 13.8. The first-order valence-corrected chi connectivity index (χ1v) is 6.55. The first-order valence-electron chi connectivity index (χ1n) is 6.14.